The van der Waals surface area contributed by atoms with E-state index in [4.69, 9.17) is 4.74 Å². The van der Waals surface area contributed by atoms with Crippen LogP contribution in [-0.4, -0.2) is 29.8 Å². The molecule has 0 aliphatic carbocycles. The number of aryl methyl sites for hydroxylation is 1. The molecule has 4 nitrogen and oxygen atoms in total. The van der Waals surface area contributed by atoms with Crippen LogP contribution in [0.1, 0.15) is 25.5 Å². The zero-order valence-corrected chi connectivity index (χ0v) is 9.70. The Morgan fingerprint density at radius 1 is 1.47 bits per heavy atom. The highest BCUT2D eigenvalue weighted by Gasteiger charge is 1.99. The number of aromatic nitrogens is 2. The van der Waals surface area contributed by atoms with Gasteiger partial charge in [-0.15, -0.1) is 0 Å². The number of hydrogen-bond acceptors (Lipinski definition) is 3. The second-order valence-corrected chi connectivity index (χ2v) is 3.57. The first-order chi connectivity index (χ1) is 7.38. The molecular formula is C11H21N3O. The van der Waals surface area contributed by atoms with Crippen molar-refractivity contribution in [2.75, 3.05) is 20.3 Å². The Hall–Kier alpha value is -0.870. The van der Waals surface area contributed by atoms with Crippen molar-refractivity contribution in [3.63, 3.8) is 0 Å². The molecule has 1 aromatic heterocycles. The molecule has 0 aliphatic rings. The van der Waals surface area contributed by atoms with E-state index in [2.05, 4.69) is 21.8 Å². The summed E-state index contributed by atoms with van der Waals surface area (Å²) in [5.41, 5.74) is 1.23. The van der Waals surface area contributed by atoms with Gasteiger partial charge in [0.1, 0.15) is 0 Å². The molecule has 15 heavy (non-hydrogen) atoms. The Kier molecular flexibility index (Phi) is 6.04. The van der Waals surface area contributed by atoms with Gasteiger partial charge in [0.05, 0.1) is 12.0 Å². The number of imidazole rings is 1. The van der Waals surface area contributed by atoms with Gasteiger partial charge in [-0.25, -0.2) is 4.98 Å². The highest BCUT2D eigenvalue weighted by Crippen LogP contribution is 2.00. The zero-order valence-electron chi connectivity index (χ0n) is 9.70. The molecule has 4 heteroatoms. The van der Waals surface area contributed by atoms with Crippen LogP contribution in [0.4, 0.5) is 0 Å². The molecule has 86 valence electrons. The van der Waals surface area contributed by atoms with Crippen LogP contribution in [0, 0.1) is 0 Å². The van der Waals surface area contributed by atoms with Crippen LogP contribution in [0.15, 0.2) is 12.5 Å². The fraction of sp³-hybridized carbons (Fsp3) is 0.727. The fourth-order valence-corrected chi connectivity index (χ4v) is 1.46. The van der Waals surface area contributed by atoms with Crippen molar-refractivity contribution in [3.8, 4) is 0 Å². The minimum atomic E-state index is 0.838. The first-order valence-electron chi connectivity index (χ1n) is 5.59. The highest BCUT2D eigenvalue weighted by molar-refractivity contribution is 4.97. The van der Waals surface area contributed by atoms with Crippen molar-refractivity contribution in [3.05, 3.63) is 18.2 Å². The Labute approximate surface area is 91.7 Å². The van der Waals surface area contributed by atoms with E-state index in [1.54, 1.807) is 0 Å². The summed E-state index contributed by atoms with van der Waals surface area (Å²) in [6.07, 6.45) is 5.93. The van der Waals surface area contributed by atoms with Gasteiger partial charge in [-0.1, -0.05) is 6.92 Å². The molecule has 0 atom stereocenters. The van der Waals surface area contributed by atoms with Crippen LogP contribution in [0.3, 0.4) is 0 Å². The third-order valence-electron chi connectivity index (χ3n) is 2.19. The number of hydrogen-bond donors (Lipinski definition) is 1. The van der Waals surface area contributed by atoms with Gasteiger partial charge in [-0.2, -0.15) is 0 Å². The third kappa shape index (κ3) is 4.44. The molecule has 1 heterocycles. The van der Waals surface area contributed by atoms with Crippen molar-refractivity contribution in [2.24, 2.45) is 0 Å². The lowest BCUT2D eigenvalue weighted by Gasteiger charge is -2.07. The monoisotopic (exact) mass is 211 g/mol. The first kappa shape index (κ1) is 12.2. The molecule has 0 spiro atoms. The third-order valence-corrected chi connectivity index (χ3v) is 2.19. The van der Waals surface area contributed by atoms with Gasteiger partial charge in [0.15, 0.2) is 0 Å². The van der Waals surface area contributed by atoms with Gasteiger partial charge >= 0.3 is 0 Å². The topological polar surface area (TPSA) is 39.1 Å². The molecular weight excluding hydrogens is 190 g/mol. The average molecular weight is 211 g/mol. The molecule has 0 unspecified atom stereocenters. The summed E-state index contributed by atoms with van der Waals surface area (Å²) < 4.78 is 7.60. The summed E-state index contributed by atoms with van der Waals surface area (Å²) in [7, 11) is 1.95. The van der Waals surface area contributed by atoms with E-state index < -0.39 is 0 Å². The molecule has 0 saturated carbocycles. The summed E-state index contributed by atoms with van der Waals surface area (Å²) in [5.74, 6) is 0. The number of rotatable bonds is 8. The van der Waals surface area contributed by atoms with Crippen molar-refractivity contribution in [1.82, 2.24) is 14.9 Å². The summed E-state index contributed by atoms with van der Waals surface area (Å²) in [4.78, 5) is 4.14. The Morgan fingerprint density at radius 3 is 3.07 bits per heavy atom. The fourth-order valence-electron chi connectivity index (χ4n) is 1.46. The van der Waals surface area contributed by atoms with E-state index >= 15 is 0 Å². The zero-order chi connectivity index (χ0) is 10.9. The van der Waals surface area contributed by atoms with Crippen molar-refractivity contribution < 1.29 is 4.74 Å². The van der Waals surface area contributed by atoms with Crippen LogP contribution in [-0.2, 0) is 17.8 Å². The molecule has 1 aromatic rings. The summed E-state index contributed by atoms with van der Waals surface area (Å²) >= 11 is 0. The van der Waals surface area contributed by atoms with Gasteiger partial charge in [-0.3, -0.25) is 0 Å². The second-order valence-electron chi connectivity index (χ2n) is 3.57. The van der Waals surface area contributed by atoms with Crippen LogP contribution >= 0.6 is 0 Å². The largest absolute Gasteiger partial charge is 0.381 e. The van der Waals surface area contributed by atoms with Gasteiger partial charge in [-0.05, 0) is 19.9 Å². The normalized spacial score (nSPS) is 10.8. The molecule has 0 amide bonds. The van der Waals surface area contributed by atoms with Crippen LogP contribution in [0.5, 0.6) is 0 Å². The Bertz CT molecular complexity index is 260. The molecule has 0 radical (unpaired) electrons. The van der Waals surface area contributed by atoms with Crippen molar-refractivity contribution >= 4 is 0 Å². The van der Waals surface area contributed by atoms with E-state index in [1.165, 1.54) is 5.69 Å². The standard InChI is InChI=1S/C11H21N3O/c1-3-6-15-7-4-5-14-10-13-9-11(14)8-12-2/h9-10,12H,3-8H2,1-2H3. The molecule has 1 N–H and O–H groups in total. The predicted octanol–water partition coefficient (Wildman–Crippen LogP) is 1.42. The van der Waals surface area contributed by atoms with Gasteiger partial charge < -0.3 is 14.6 Å². The van der Waals surface area contributed by atoms with E-state index in [0.29, 0.717) is 0 Å². The van der Waals surface area contributed by atoms with Gasteiger partial charge in [0, 0.05) is 32.5 Å². The lowest BCUT2D eigenvalue weighted by atomic mass is 10.4. The Morgan fingerprint density at radius 2 is 2.33 bits per heavy atom. The van der Waals surface area contributed by atoms with Gasteiger partial charge in [0.2, 0.25) is 0 Å². The van der Waals surface area contributed by atoms with Crippen LogP contribution in [0.25, 0.3) is 0 Å². The summed E-state index contributed by atoms with van der Waals surface area (Å²) in [5, 5.41) is 3.13. The number of ether oxygens (including phenoxy) is 1. The van der Waals surface area contributed by atoms with Crippen LogP contribution < -0.4 is 5.32 Å². The van der Waals surface area contributed by atoms with Crippen molar-refractivity contribution in [2.45, 2.75) is 32.9 Å². The summed E-state index contributed by atoms with van der Waals surface area (Å²) in [6.45, 7) is 5.69. The van der Waals surface area contributed by atoms with Crippen molar-refractivity contribution in [1.29, 1.82) is 0 Å². The molecule has 0 bridgehead atoms. The molecule has 0 saturated heterocycles. The molecule has 0 fully saturated rings. The molecule has 0 aliphatic heterocycles. The minimum absolute atomic E-state index is 0.838. The number of nitrogens with zero attached hydrogens (tertiary/aromatic N) is 2. The van der Waals surface area contributed by atoms with Crippen LogP contribution in [0.2, 0.25) is 0 Å². The Balaban J connectivity index is 2.21. The number of nitrogens with one attached hydrogen (secondary N) is 1. The smallest absolute Gasteiger partial charge is 0.0948 e. The molecule has 1 rings (SSSR count). The maximum atomic E-state index is 5.43. The van der Waals surface area contributed by atoms with Gasteiger partial charge in [0.25, 0.3) is 0 Å². The second kappa shape index (κ2) is 7.43. The van der Waals surface area contributed by atoms with E-state index in [9.17, 15) is 0 Å². The minimum Gasteiger partial charge on any atom is -0.381 e. The molecule has 0 aromatic carbocycles. The SMILES string of the molecule is CCCOCCCn1cncc1CNC. The lowest BCUT2D eigenvalue weighted by Crippen LogP contribution is -2.11. The maximum Gasteiger partial charge on any atom is 0.0948 e. The average Bonchev–Trinajstić information content (AvgIpc) is 2.66. The lowest BCUT2D eigenvalue weighted by molar-refractivity contribution is 0.129. The van der Waals surface area contributed by atoms with E-state index in [-0.39, 0.29) is 0 Å². The predicted molar refractivity (Wildman–Crippen MR) is 60.7 cm³/mol. The van der Waals surface area contributed by atoms with E-state index in [1.807, 2.05) is 19.6 Å². The first-order valence-corrected chi connectivity index (χ1v) is 5.59. The quantitative estimate of drug-likeness (QED) is 0.661. The summed E-state index contributed by atoms with van der Waals surface area (Å²) in [6, 6.07) is 0. The maximum absolute atomic E-state index is 5.43. The highest BCUT2D eigenvalue weighted by atomic mass is 16.5. The van der Waals surface area contributed by atoms with E-state index in [0.717, 1.165) is 39.1 Å².